The van der Waals surface area contributed by atoms with Gasteiger partial charge >= 0.3 is 0 Å². The van der Waals surface area contributed by atoms with E-state index in [0.717, 1.165) is 16.5 Å². The summed E-state index contributed by atoms with van der Waals surface area (Å²) in [6.07, 6.45) is 0.799. The second-order valence-corrected chi connectivity index (χ2v) is 6.08. The predicted molar refractivity (Wildman–Crippen MR) is 82.6 cm³/mol. The van der Waals surface area contributed by atoms with Crippen molar-refractivity contribution in [1.29, 1.82) is 0 Å². The highest BCUT2D eigenvalue weighted by atomic mass is 79.9. The van der Waals surface area contributed by atoms with Gasteiger partial charge in [-0.2, -0.15) is 0 Å². The molecule has 1 unspecified atom stereocenters. The minimum Gasteiger partial charge on any atom is -0.117 e. The zero-order chi connectivity index (χ0) is 13.1. The fraction of sp³-hybridized carbons (Fsp3) is 0.200. The highest BCUT2D eigenvalue weighted by Crippen LogP contribution is 2.33. The summed E-state index contributed by atoms with van der Waals surface area (Å²) in [6.45, 7) is 2.10. The summed E-state index contributed by atoms with van der Waals surface area (Å²) in [5, 5.41) is 0.628. The molecule has 0 amide bonds. The van der Waals surface area contributed by atoms with Gasteiger partial charge in [0.1, 0.15) is 0 Å². The Morgan fingerprint density at radius 3 is 2.61 bits per heavy atom. The molecule has 0 heterocycles. The van der Waals surface area contributed by atoms with Gasteiger partial charge in [-0.1, -0.05) is 51.8 Å². The highest BCUT2D eigenvalue weighted by molar-refractivity contribution is 9.10. The van der Waals surface area contributed by atoms with E-state index in [0.29, 0.717) is 5.02 Å². The van der Waals surface area contributed by atoms with Gasteiger partial charge in [-0.25, -0.2) is 0 Å². The minimum absolute atomic E-state index is 0.0841. The first-order valence-electron chi connectivity index (χ1n) is 5.71. The van der Waals surface area contributed by atoms with Gasteiger partial charge in [-0.3, -0.25) is 0 Å². The second-order valence-electron chi connectivity index (χ2n) is 4.26. The van der Waals surface area contributed by atoms with Crippen LogP contribution in [-0.4, -0.2) is 0 Å². The molecule has 0 aliphatic carbocycles. The molecule has 0 spiro atoms. The number of hydrogen-bond acceptors (Lipinski definition) is 0. The standard InChI is InChI=1S/C15H13BrCl2/c1-10-4-2-3-5-11(10)8-15(18)13-9-12(17)6-7-14(13)16/h2-7,9,15H,8H2,1H3. The fourth-order valence-electron chi connectivity index (χ4n) is 1.90. The minimum atomic E-state index is -0.0841. The Bertz CT molecular complexity index is 552. The molecule has 0 fully saturated rings. The molecule has 0 saturated carbocycles. The van der Waals surface area contributed by atoms with E-state index in [1.54, 1.807) is 0 Å². The van der Waals surface area contributed by atoms with Crippen molar-refractivity contribution in [3.8, 4) is 0 Å². The highest BCUT2D eigenvalue weighted by Gasteiger charge is 2.13. The zero-order valence-electron chi connectivity index (χ0n) is 9.96. The molecule has 94 valence electrons. The molecule has 0 radical (unpaired) electrons. The Kier molecular flexibility index (Phi) is 4.71. The van der Waals surface area contributed by atoms with Crippen LogP contribution in [0, 0.1) is 6.92 Å². The third kappa shape index (κ3) is 3.28. The molecule has 2 aromatic carbocycles. The maximum Gasteiger partial charge on any atom is 0.0637 e. The third-order valence-corrected chi connectivity index (χ3v) is 4.30. The summed E-state index contributed by atoms with van der Waals surface area (Å²) in [7, 11) is 0. The van der Waals surface area contributed by atoms with Gasteiger partial charge in [0.05, 0.1) is 5.38 Å². The van der Waals surface area contributed by atoms with Gasteiger partial charge in [-0.15, -0.1) is 11.6 Å². The molecule has 0 aliphatic rings. The maximum atomic E-state index is 6.50. The van der Waals surface area contributed by atoms with E-state index >= 15 is 0 Å². The van der Waals surface area contributed by atoms with Crippen molar-refractivity contribution >= 4 is 39.1 Å². The van der Waals surface area contributed by atoms with Crippen molar-refractivity contribution in [3.05, 3.63) is 68.7 Å². The third-order valence-electron chi connectivity index (χ3n) is 2.96. The van der Waals surface area contributed by atoms with Crippen molar-refractivity contribution in [3.63, 3.8) is 0 Å². The SMILES string of the molecule is Cc1ccccc1CC(Cl)c1cc(Cl)ccc1Br. The summed E-state index contributed by atoms with van der Waals surface area (Å²) >= 11 is 16.0. The molecule has 18 heavy (non-hydrogen) atoms. The van der Waals surface area contributed by atoms with E-state index in [-0.39, 0.29) is 5.38 Å². The average molecular weight is 344 g/mol. The van der Waals surface area contributed by atoms with Gasteiger partial charge in [0, 0.05) is 9.50 Å². The molecule has 0 aliphatic heterocycles. The van der Waals surface area contributed by atoms with Gasteiger partial charge < -0.3 is 0 Å². The first-order chi connectivity index (χ1) is 8.58. The first kappa shape index (κ1) is 13.9. The van der Waals surface area contributed by atoms with E-state index < -0.39 is 0 Å². The fourth-order valence-corrected chi connectivity index (χ4v) is 3.08. The van der Waals surface area contributed by atoms with Crippen LogP contribution in [0.5, 0.6) is 0 Å². The summed E-state index contributed by atoms with van der Waals surface area (Å²) in [4.78, 5) is 0. The van der Waals surface area contributed by atoms with Gasteiger partial charge in [0.15, 0.2) is 0 Å². The van der Waals surface area contributed by atoms with Crippen molar-refractivity contribution in [2.75, 3.05) is 0 Å². The van der Waals surface area contributed by atoms with Gasteiger partial charge in [0.25, 0.3) is 0 Å². The van der Waals surface area contributed by atoms with Crippen molar-refractivity contribution in [1.82, 2.24) is 0 Å². The van der Waals surface area contributed by atoms with Crippen molar-refractivity contribution in [2.24, 2.45) is 0 Å². The Morgan fingerprint density at radius 2 is 1.89 bits per heavy atom. The number of alkyl halides is 1. The molecule has 0 N–H and O–H groups in total. The lowest BCUT2D eigenvalue weighted by Crippen LogP contribution is -1.99. The van der Waals surface area contributed by atoms with Crippen molar-refractivity contribution in [2.45, 2.75) is 18.7 Å². The summed E-state index contributed by atoms with van der Waals surface area (Å²) in [5.74, 6) is 0. The topological polar surface area (TPSA) is 0 Å². The van der Waals surface area contributed by atoms with Crippen molar-refractivity contribution < 1.29 is 0 Å². The molecule has 2 aromatic rings. The Hall–Kier alpha value is -0.500. The first-order valence-corrected chi connectivity index (χ1v) is 7.32. The van der Waals surface area contributed by atoms with E-state index in [9.17, 15) is 0 Å². The van der Waals surface area contributed by atoms with Crippen LogP contribution in [0.4, 0.5) is 0 Å². The number of rotatable bonds is 3. The molecule has 1 atom stereocenters. The zero-order valence-corrected chi connectivity index (χ0v) is 13.1. The second kappa shape index (κ2) is 6.10. The monoisotopic (exact) mass is 342 g/mol. The molecular weight excluding hydrogens is 331 g/mol. The summed E-state index contributed by atoms with van der Waals surface area (Å²) < 4.78 is 1.00. The lowest BCUT2D eigenvalue weighted by molar-refractivity contribution is 0.906. The van der Waals surface area contributed by atoms with Crippen LogP contribution in [0.2, 0.25) is 5.02 Å². The molecule has 0 saturated heterocycles. The molecule has 3 heteroatoms. The maximum absolute atomic E-state index is 6.50. The Morgan fingerprint density at radius 1 is 1.17 bits per heavy atom. The smallest absolute Gasteiger partial charge is 0.0637 e. The number of halogens is 3. The number of aryl methyl sites for hydroxylation is 1. The number of hydrogen-bond donors (Lipinski definition) is 0. The Balaban J connectivity index is 2.25. The van der Waals surface area contributed by atoms with Crippen LogP contribution in [0.3, 0.4) is 0 Å². The number of benzene rings is 2. The molecule has 2 rings (SSSR count). The molecule has 0 nitrogen and oxygen atoms in total. The summed E-state index contributed by atoms with van der Waals surface area (Å²) in [6, 6.07) is 14.0. The lowest BCUT2D eigenvalue weighted by atomic mass is 10.0. The lowest BCUT2D eigenvalue weighted by Gasteiger charge is -2.14. The molecule has 0 aromatic heterocycles. The predicted octanol–water partition coefficient (Wildman–Crippen LogP) is 5.93. The summed E-state index contributed by atoms with van der Waals surface area (Å²) in [5.41, 5.74) is 3.57. The van der Waals surface area contributed by atoms with Crippen LogP contribution in [0.25, 0.3) is 0 Å². The van der Waals surface area contributed by atoms with E-state index in [4.69, 9.17) is 23.2 Å². The molecular formula is C15H13BrCl2. The quantitative estimate of drug-likeness (QED) is 0.605. The van der Waals surface area contributed by atoms with E-state index in [2.05, 4.69) is 35.0 Å². The Labute approximate surface area is 126 Å². The van der Waals surface area contributed by atoms with Crippen LogP contribution >= 0.6 is 39.1 Å². The van der Waals surface area contributed by atoms with E-state index in [1.807, 2.05) is 30.3 Å². The van der Waals surface area contributed by atoms with Crippen LogP contribution in [0.1, 0.15) is 22.1 Å². The molecule has 0 bridgehead atoms. The van der Waals surface area contributed by atoms with Crippen LogP contribution in [-0.2, 0) is 6.42 Å². The van der Waals surface area contributed by atoms with Crippen LogP contribution in [0.15, 0.2) is 46.9 Å². The van der Waals surface area contributed by atoms with E-state index in [1.165, 1.54) is 11.1 Å². The average Bonchev–Trinajstić information content (AvgIpc) is 2.35. The van der Waals surface area contributed by atoms with Gasteiger partial charge in [-0.05, 0) is 48.2 Å². The van der Waals surface area contributed by atoms with Gasteiger partial charge in [0.2, 0.25) is 0 Å². The van der Waals surface area contributed by atoms with Crippen LogP contribution < -0.4 is 0 Å². The largest absolute Gasteiger partial charge is 0.117 e. The normalized spacial score (nSPS) is 12.4.